The van der Waals surface area contributed by atoms with Gasteiger partial charge in [-0.3, -0.25) is 0 Å². The molecule has 1 atom stereocenters. The topological polar surface area (TPSA) is 26.0 Å². The number of fused-ring (bicyclic) bond motifs is 1. The molecule has 0 spiro atoms. The van der Waals surface area contributed by atoms with Crippen molar-refractivity contribution in [2.75, 3.05) is 0 Å². The van der Waals surface area contributed by atoms with Crippen LogP contribution >= 0.6 is 11.3 Å². The normalized spacial score (nSPS) is 12.8. The van der Waals surface area contributed by atoms with Gasteiger partial charge in [-0.25, -0.2) is 4.39 Å². The number of aryl methyl sites for hydroxylation is 1. The van der Waals surface area contributed by atoms with Crippen molar-refractivity contribution in [3.05, 3.63) is 70.4 Å². The molecule has 0 saturated heterocycles. The lowest BCUT2D eigenvalue weighted by Crippen LogP contribution is -2.12. The van der Waals surface area contributed by atoms with E-state index in [9.17, 15) is 4.39 Å². The molecule has 0 aliphatic carbocycles. The summed E-state index contributed by atoms with van der Waals surface area (Å²) >= 11 is 1.72. The monoisotopic (exact) mass is 285 g/mol. The van der Waals surface area contributed by atoms with Crippen molar-refractivity contribution in [2.45, 2.75) is 19.4 Å². The molecule has 1 nitrogen and oxygen atoms in total. The standard InChI is InChI=1S/C17H16FNS/c1-11-6-7-14(18)8-13(11)9-15(19)17-10-12-4-2-3-5-16(12)20-17/h2-8,10,15H,9,19H2,1H3. The Morgan fingerprint density at radius 1 is 1.15 bits per heavy atom. The first kappa shape index (κ1) is 13.3. The highest BCUT2D eigenvalue weighted by Crippen LogP contribution is 2.30. The molecular formula is C17H16FNS. The second-order valence-corrected chi connectivity index (χ2v) is 6.18. The first-order chi connectivity index (χ1) is 9.63. The van der Waals surface area contributed by atoms with Gasteiger partial charge in [0.15, 0.2) is 0 Å². The van der Waals surface area contributed by atoms with E-state index in [0.29, 0.717) is 6.42 Å². The van der Waals surface area contributed by atoms with Crippen molar-refractivity contribution in [3.8, 4) is 0 Å². The van der Waals surface area contributed by atoms with Gasteiger partial charge in [0.2, 0.25) is 0 Å². The van der Waals surface area contributed by atoms with Crippen LogP contribution in [0.3, 0.4) is 0 Å². The van der Waals surface area contributed by atoms with Gasteiger partial charge < -0.3 is 5.73 Å². The third kappa shape index (κ3) is 2.60. The Hall–Kier alpha value is -1.71. The lowest BCUT2D eigenvalue weighted by Gasteiger charge is -2.12. The first-order valence-corrected chi connectivity index (χ1v) is 7.44. The second-order valence-electron chi connectivity index (χ2n) is 5.07. The van der Waals surface area contributed by atoms with Crippen LogP contribution in [0.5, 0.6) is 0 Å². The maximum Gasteiger partial charge on any atom is 0.123 e. The molecule has 3 rings (SSSR count). The van der Waals surface area contributed by atoms with Crippen LogP contribution in [-0.4, -0.2) is 0 Å². The van der Waals surface area contributed by atoms with Gasteiger partial charge in [0.25, 0.3) is 0 Å². The zero-order valence-corrected chi connectivity index (χ0v) is 12.1. The van der Waals surface area contributed by atoms with Gasteiger partial charge in [-0.1, -0.05) is 24.3 Å². The Morgan fingerprint density at radius 3 is 2.75 bits per heavy atom. The minimum Gasteiger partial charge on any atom is -0.323 e. The van der Waals surface area contributed by atoms with Gasteiger partial charge >= 0.3 is 0 Å². The summed E-state index contributed by atoms with van der Waals surface area (Å²) in [5.41, 5.74) is 8.37. The van der Waals surface area contributed by atoms with Crippen LogP contribution < -0.4 is 5.73 Å². The lowest BCUT2D eigenvalue weighted by molar-refractivity contribution is 0.621. The molecule has 2 N–H and O–H groups in total. The fraction of sp³-hybridized carbons (Fsp3) is 0.176. The molecule has 0 amide bonds. The average Bonchev–Trinajstić information content (AvgIpc) is 2.87. The summed E-state index contributed by atoms with van der Waals surface area (Å²) < 4.78 is 14.6. The maximum absolute atomic E-state index is 13.3. The summed E-state index contributed by atoms with van der Waals surface area (Å²) in [4.78, 5) is 1.15. The van der Waals surface area contributed by atoms with E-state index in [0.717, 1.165) is 16.0 Å². The lowest BCUT2D eigenvalue weighted by atomic mass is 10.0. The third-order valence-electron chi connectivity index (χ3n) is 3.56. The minimum absolute atomic E-state index is 0.0899. The Kier molecular flexibility index (Phi) is 3.55. The fourth-order valence-corrected chi connectivity index (χ4v) is 3.45. The average molecular weight is 285 g/mol. The molecule has 1 heterocycles. The van der Waals surface area contributed by atoms with E-state index in [2.05, 4.69) is 18.2 Å². The zero-order chi connectivity index (χ0) is 14.1. The summed E-state index contributed by atoms with van der Waals surface area (Å²) in [6.07, 6.45) is 0.663. The van der Waals surface area contributed by atoms with Crippen LogP contribution in [0.15, 0.2) is 48.5 Å². The van der Waals surface area contributed by atoms with E-state index in [-0.39, 0.29) is 11.9 Å². The van der Waals surface area contributed by atoms with Gasteiger partial charge in [0.05, 0.1) is 0 Å². The summed E-state index contributed by atoms with van der Waals surface area (Å²) in [6.45, 7) is 1.99. The van der Waals surface area contributed by atoms with E-state index < -0.39 is 0 Å². The molecular weight excluding hydrogens is 269 g/mol. The van der Waals surface area contributed by atoms with Crippen molar-refractivity contribution in [1.29, 1.82) is 0 Å². The summed E-state index contributed by atoms with van der Waals surface area (Å²) in [5, 5.41) is 1.22. The van der Waals surface area contributed by atoms with Gasteiger partial charge in [0, 0.05) is 15.6 Å². The van der Waals surface area contributed by atoms with Crippen LogP contribution in [0.2, 0.25) is 0 Å². The highest BCUT2D eigenvalue weighted by Gasteiger charge is 2.12. The smallest absolute Gasteiger partial charge is 0.123 e. The minimum atomic E-state index is -0.200. The van der Waals surface area contributed by atoms with Crippen molar-refractivity contribution in [1.82, 2.24) is 0 Å². The van der Waals surface area contributed by atoms with E-state index in [1.54, 1.807) is 17.4 Å². The third-order valence-corrected chi connectivity index (χ3v) is 4.81. The van der Waals surface area contributed by atoms with E-state index in [1.165, 1.54) is 16.2 Å². The van der Waals surface area contributed by atoms with Crippen molar-refractivity contribution in [2.24, 2.45) is 5.73 Å². The quantitative estimate of drug-likeness (QED) is 0.748. The number of hydrogen-bond donors (Lipinski definition) is 1. The van der Waals surface area contributed by atoms with Crippen LogP contribution in [0.4, 0.5) is 4.39 Å². The zero-order valence-electron chi connectivity index (χ0n) is 11.3. The molecule has 3 heteroatoms. The van der Waals surface area contributed by atoms with Crippen LogP contribution in [0, 0.1) is 12.7 Å². The highest BCUT2D eigenvalue weighted by molar-refractivity contribution is 7.19. The van der Waals surface area contributed by atoms with Crippen molar-refractivity contribution >= 4 is 21.4 Å². The molecule has 0 fully saturated rings. The van der Waals surface area contributed by atoms with Crippen molar-refractivity contribution in [3.63, 3.8) is 0 Å². The fourth-order valence-electron chi connectivity index (χ4n) is 2.38. The van der Waals surface area contributed by atoms with Gasteiger partial charge in [-0.05, 0) is 54.1 Å². The Morgan fingerprint density at radius 2 is 1.95 bits per heavy atom. The molecule has 0 bridgehead atoms. The van der Waals surface area contributed by atoms with Crippen LogP contribution in [0.25, 0.3) is 10.1 Å². The molecule has 1 aromatic heterocycles. The Balaban J connectivity index is 1.88. The van der Waals surface area contributed by atoms with Crippen molar-refractivity contribution < 1.29 is 4.39 Å². The largest absolute Gasteiger partial charge is 0.323 e. The SMILES string of the molecule is Cc1ccc(F)cc1CC(N)c1cc2ccccc2s1. The molecule has 0 aliphatic rings. The number of rotatable bonds is 3. The molecule has 3 aromatic rings. The first-order valence-electron chi connectivity index (χ1n) is 6.62. The van der Waals surface area contributed by atoms with Gasteiger partial charge in [0.1, 0.15) is 5.82 Å². The van der Waals surface area contributed by atoms with Gasteiger partial charge in [-0.15, -0.1) is 11.3 Å². The molecule has 0 aliphatic heterocycles. The predicted molar refractivity (Wildman–Crippen MR) is 83.6 cm³/mol. The number of benzene rings is 2. The molecule has 20 heavy (non-hydrogen) atoms. The predicted octanol–water partition coefficient (Wildman–Crippen LogP) is 4.59. The van der Waals surface area contributed by atoms with Crippen LogP contribution in [0.1, 0.15) is 22.0 Å². The second kappa shape index (κ2) is 5.35. The van der Waals surface area contributed by atoms with E-state index in [4.69, 9.17) is 5.73 Å². The summed E-state index contributed by atoms with van der Waals surface area (Å²) in [5.74, 6) is -0.200. The van der Waals surface area contributed by atoms with Gasteiger partial charge in [-0.2, -0.15) is 0 Å². The van der Waals surface area contributed by atoms with E-state index >= 15 is 0 Å². The number of thiophene rings is 1. The summed E-state index contributed by atoms with van der Waals surface area (Å²) in [6, 6.07) is 15.2. The Bertz CT molecular complexity index is 715. The van der Waals surface area contributed by atoms with Crippen LogP contribution in [-0.2, 0) is 6.42 Å². The molecule has 0 saturated carbocycles. The number of hydrogen-bond acceptors (Lipinski definition) is 2. The van der Waals surface area contributed by atoms with E-state index in [1.807, 2.05) is 25.1 Å². The molecule has 102 valence electrons. The molecule has 2 aromatic carbocycles. The molecule has 1 unspecified atom stereocenters. The number of nitrogens with two attached hydrogens (primary N) is 1. The highest BCUT2D eigenvalue weighted by atomic mass is 32.1. The molecule has 0 radical (unpaired) electrons. The Labute approximate surface area is 121 Å². The maximum atomic E-state index is 13.3. The number of halogens is 1. The summed E-state index contributed by atoms with van der Waals surface area (Å²) in [7, 11) is 0.